The van der Waals surface area contributed by atoms with Crippen LogP contribution in [0.3, 0.4) is 0 Å². The average Bonchev–Trinajstić information content (AvgIpc) is 3.43. The summed E-state index contributed by atoms with van der Waals surface area (Å²) in [5.41, 5.74) is 2.87. The summed E-state index contributed by atoms with van der Waals surface area (Å²) in [6.45, 7) is 7.10. The number of hydrogen-bond donors (Lipinski definition) is 0. The third-order valence-electron chi connectivity index (χ3n) is 10.3. The number of epoxide rings is 1. The van der Waals surface area contributed by atoms with Crippen LogP contribution in [0.4, 0.5) is 0 Å². The van der Waals surface area contributed by atoms with Crippen molar-refractivity contribution in [2.75, 3.05) is 13.2 Å². The summed E-state index contributed by atoms with van der Waals surface area (Å²) in [5.74, 6) is 2.65. The zero-order chi connectivity index (χ0) is 19.0. The molecule has 2 heterocycles. The van der Waals surface area contributed by atoms with Crippen LogP contribution in [-0.4, -0.2) is 31.2 Å². The smallest absolute Gasteiger partial charge is 0.157 e. The van der Waals surface area contributed by atoms with Crippen molar-refractivity contribution in [2.24, 2.45) is 28.6 Å². The van der Waals surface area contributed by atoms with Crippen LogP contribution >= 0.6 is 0 Å². The number of hydrogen-bond acceptors (Lipinski definition) is 3. The lowest BCUT2D eigenvalue weighted by atomic mass is 9.47. The molecule has 156 valence electrons. The van der Waals surface area contributed by atoms with Gasteiger partial charge in [0.1, 0.15) is 0 Å². The van der Waals surface area contributed by atoms with Crippen molar-refractivity contribution in [3.05, 3.63) is 11.6 Å². The normalized spacial score (nSPS) is 55.2. The van der Waals surface area contributed by atoms with Gasteiger partial charge in [-0.05, 0) is 93.8 Å². The van der Waals surface area contributed by atoms with Gasteiger partial charge in [-0.2, -0.15) is 0 Å². The molecule has 0 bridgehead atoms. The van der Waals surface area contributed by atoms with E-state index in [-0.39, 0.29) is 11.9 Å². The summed E-state index contributed by atoms with van der Waals surface area (Å²) in [4.78, 5) is 0. The van der Waals surface area contributed by atoms with Gasteiger partial charge in [0.05, 0.1) is 18.3 Å². The van der Waals surface area contributed by atoms with Gasteiger partial charge in [0.25, 0.3) is 0 Å². The summed E-state index contributed by atoms with van der Waals surface area (Å²) >= 11 is 0. The molecular weight excluding hydrogens is 348 g/mol. The molecule has 2 saturated heterocycles. The molecule has 0 aromatic heterocycles. The van der Waals surface area contributed by atoms with Crippen molar-refractivity contribution < 1.29 is 14.2 Å². The zero-order valence-electron chi connectivity index (χ0n) is 17.9. The Balaban J connectivity index is 1.20. The van der Waals surface area contributed by atoms with Crippen molar-refractivity contribution in [2.45, 2.75) is 102 Å². The summed E-state index contributed by atoms with van der Waals surface area (Å²) in [5, 5.41) is 0. The van der Waals surface area contributed by atoms with E-state index in [0.717, 1.165) is 43.8 Å². The second-order valence-electron chi connectivity index (χ2n) is 11.3. The fourth-order valence-corrected chi connectivity index (χ4v) is 8.43. The summed E-state index contributed by atoms with van der Waals surface area (Å²) in [6.07, 6.45) is 17.1. The molecule has 28 heavy (non-hydrogen) atoms. The molecule has 0 amide bonds. The van der Waals surface area contributed by atoms with E-state index in [0.29, 0.717) is 16.9 Å². The number of allylic oxidation sites excluding steroid dienone is 1. The van der Waals surface area contributed by atoms with Crippen molar-refractivity contribution in [3.63, 3.8) is 0 Å². The van der Waals surface area contributed by atoms with Gasteiger partial charge in [-0.3, -0.25) is 0 Å². The van der Waals surface area contributed by atoms with E-state index in [2.05, 4.69) is 19.9 Å². The van der Waals surface area contributed by atoms with E-state index >= 15 is 0 Å². The van der Waals surface area contributed by atoms with Gasteiger partial charge < -0.3 is 14.2 Å². The SMILES string of the molecule is C[C@]12CC[C@H](O[C@@H]3CCCCO3)CC1=CC[C@H]1[C@H]3CC[C@@]4(CO4)[C@@]3(C)CC[C@@H]12. The largest absolute Gasteiger partial charge is 0.369 e. The van der Waals surface area contributed by atoms with Gasteiger partial charge in [0, 0.05) is 12.0 Å². The molecule has 0 N–H and O–H groups in total. The highest BCUT2D eigenvalue weighted by molar-refractivity contribution is 5.27. The minimum atomic E-state index is 0.0589. The topological polar surface area (TPSA) is 31.0 Å². The third-order valence-corrected chi connectivity index (χ3v) is 10.3. The Morgan fingerprint density at radius 2 is 1.86 bits per heavy atom. The van der Waals surface area contributed by atoms with Crippen molar-refractivity contribution in [1.29, 1.82) is 0 Å². The summed E-state index contributed by atoms with van der Waals surface area (Å²) in [7, 11) is 0. The van der Waals surface area contributed by atoms with Crippen molar-refractivity contribution in [1.82, 2.24) is 0 Å². The van der Waals surface area contributed by atoms with Crippen LogP contribution in [-0.2, 0) is 14.2 Å². The van der Waals surface area contributed by atoms with Gasteiger partial charge in [-0.25, -0.2) is 0 Å². The molecule has 3 saturated carbocycles. The lowest BCUT2D eigenvalue weighted by Crippen LogP contribution is -2.52. The molecular formula is C25H38O3. The molecule has 0 radical (unpaired) electrons. The Kier molecular flexibility index (Phi) is 4.15. The van der Waals surface area contributed by atoms with Crippen LogP contribution in [0, 0.1) is 28.6 Å². The maximum atomic E-state index is 6.40. The third kappa shape index (κ3) is 2.51. The molecule has 5 fully saturated rings. The van der Waals surface area contributed by atoms with Crippen molar-refractivity contribution in [3.8, 4) is 0 Å². The van der Waals surface area contributed by atoms with Crippen LogP contribution in [0.25, 0.3) is 0 Å². The zero-order valence-corrected chi connectivity index (χ0v) is 17.9. The summed E-state index contributed by atoms with van der Waals surface area (Å²) in [6, 6.07) is 0. The van der Waals surface area contributed by atoms with E-state index in [9.17, 15) is 0 Å². The Morgan fingerprint density at radius 1 is 1.00 bits per heavy atom. The van der Waals surface area contributed by atoms with Gasteiger partial charge >= 0.3 is 0 Å². The molecule has 1 spiro atoms. The molecule has 0 aromatic rings. The highest BCUT2D eigenvalue weighted by Gasteiger charge is 2.69. The molecule has 8 atom stereocenters. The minimum Gasteiger partial charge on any atom is -0.369 e. The number of rotatable bonds is 2. The molecule has 6 aliphatic rings. The molecule has 0 aromatic carbocycles. The number of ether oxygens (including phenoxy) is 3. The maximum absolute atomic E-state index is 6.40. The van der Waals surface area contributed by atoms with E-state index < -0.39 is 0 Å². The standard InChI is InChI=1S/C25H38O3/c1-23-11-8-18(28-22-5-3-4-14-26-22)15-17(23)6-7-19-20(23)9-12-24(2)21(19)10-13-25(24)16-27-25/h6,18-22H,3-5,7-16H2,1-2H3/t18-,19+,20-,21+,22+,23-,24-,25+/m0/s1. The first-order chi connectivity index (χ1) is 13.5. The fraction of sp³-hybridized carbons (Fsp3) is 0.920. The van der Waals surface area contributed by atoms with E-state index in [4.69, 9.17) is 14.2 Å². The highest BCUT2D eigenvalue weighted by Crippen LogP contribution is 2.70. The maximum Gasteiger partial charge on any atom is 0.157 e. The lowest BCUT2D eigenvalue weighted by molar-refractivity contribution is -0.195. The molecule has 3 heteroatoms. The molecule has 4 aliphatic carbocycles. The van der Waals surface area contributed by atoms with Crippen LogP contribution in [0.5, 0.6) is 0 Å². The first-order valence-electron chi connectivity index (χ1n) is 12.1. The highest BCUT2D eigenvalue weighted by atomic mass is 16.7. The van der Waals surface area contributed by atoms with Gasteiger partial charge in [0.2, 0.25) is 0 Å². The van der Waals surface area contributed by atoms with E-state index in [1.807, 2.05) is 0 Å². The minimum absolute atomic E-state index is 0.0589. The van der Waals surface area contributed by atoms with E-state index in [1.54, 1.807) is 5.57 Å². The predicted octanol–water partition coefficient (Wildman–Crippen LogP) is 5.63. The van der Waals surface area contributed by atoms with Crippen LogP contribution in [0.1, 0.15) is 84.5 Å². The van der Waals surface area contributed by atoms with Crippen LogP contribution in [0.2, 0.25) is 0 Å². The van der Waals surface area contributed by atoms with Crippen LogP contribution < -0.4 is 0 Å². The second kappa shape index (κ2) is 6.31. The Morgan fingerprint density at radius 3 is 2.64 bits per heavy atom. The fourth-order valence-electron chi connectivity index (χ4n) is 8.43. The molecule has 3 nitrogen and oxygen atoms in total. The van der Waals surface area contributed by atoms with E-state index in [1.165, 1.54) is 57.8 Å². The molecule has 6 rings (SSSR count). The predicted molar refractivity (Wildman–Crippen MR) is 109 cm³/mol. The van der Waals surface area contributed by atoms with Gasteiger partial charge in [-0.1, -0.05) is 25.5 Å². The lowest BCUT2D eigenvalue weighted by Gasteiger charge is -2.58. The first kappa shape index (κ1) is 18.4. The first-order valence-corrected chi connectivity index (χ1v) is 12.1. The number of fused-ring (bicyclic) bond motifs is 6. The Hall–Kier alpha value is -0.380. The van der Waals surface area contributed by atoms with Crippen LogP contribution in [0.15, 0.2) is 11.6 Å². The van der Waals surface area contributed by atoms with Gasteiger partial charge in [-0.15, -0.1) is 0 Å². The molecule has 0 unspecified atom stereocenters. The Labute approximate surface area is 170 Å². The summed E-state index contributed by atoms with van der Waals surface area (Å²) < 4.78 is 18.3. The molecule has 2 aliphatic heterocycles. The quantitative estimate of drug-likeness (QED) is 0.455. The Bertz CT molecular complexity index is 661. The monoisotopic (exact) mass is 386 g/mol. The van der Waals surface area contributed by atoms with Gasteiger partial charge in [0.15, 0.2) is 6.29 Å². The second-order valence-corrected chi connectivity index (χ2v) is 11.3. The average molecular weight is 387 g/mol. The van der Waals surface area contributed by atoms with Crippen molar-refractivity contribution >= 4 is 0 Å².